The lowest BCUT2D eigenvalue weighted by molar-refractivity contribution is 0.252. The summed E-state index contributed by atoms with van der Waals surface area (Å²) in [7, 11) is 0. The first-order chi connectivity index (χ1) is 12.3. The number of aryl methyl sites for hydroxylation is 1. The lowest BCUT2D eigenvalue weighted by Crippen LogP contribution is -2.29. The molecule has 0 aliphatic heterocycles. The van der Waals surface area contributed by atoms with Gasteiger partial charge in [-0.05, 0) is 57.7 Å². The molecule has 0 atom stereocenters. The molecular weight excluding hydrogens is 324 g/mol. The normalized spacial score (nSPS) is 11.9. The van der Waals surface area contributed by atoms with Crippen molar-refractivity contribution in [3.05, 3.63) is 36.2 Å². The van der Waals surface area contributed by atoms with Gasteiger partial charge in [0.15, 0.2) is 0 Å². The zero-order chi connectivity index (χ0) is 18.9. The summed E-state index contributed by atoms with van der Waals surface area (Å²) in [6.07, 6.45) is 2.04. The highest BCUT2D eigenvalue weighted by Crippen LogP contribution is 2.31. The summed E-state index contributed by atoms with van der Waals surface area (Å²) in [6, 6.07) is 10.1. The first-order valence-electron chi connectivity index (χ1n) is 9.28. The number of unbranched alkanes of at least 4 members (excludes halogenated alkanes) is 1. The van der Waals surface area contributed by atoms with E-state index in [2.05, 4.69) is 55.0 Å². The van der Waals surface area contributed by atoms with Crippen LogP contribution >= 0.6 is 0 Å². The Balaban J connectivity index is 2.00. The van der Waals surface area contributed by atoms with E-state index in [4.69, 9.17) is 4.98 Å². The summed E-state index contributed by atoms with van der Waals surface area (Å²) in [5.41, 5.74) is 2.83. The van der Waals surface area contributed by atoms with Gasteiger partial charge >= 0.3 is 6.03 Å². The Hall–Kier alpha value is -2.56. The lowest BCUT2D eigenvalue weighted by Gasteiger charge is -2.23. The number of benzene rings is 2. The molecule has 2 N–H and O–H groups in total. The Morgan fingerprint density at radius 3 is 2.62 bits per heavy atom. The molecule has 3 aromatic rings. The smallest absolute Gasteiger partial charge is 0.319 e. The Kier molecular flexibility index (Phi) is 4.90. The van der Waals surface area contributed by atoms with Crippen LogP contribution in [-0.2, 0) is 5.54 Å². The number of anilines is 1. The van der Waals surface area contributed by atoms with Crippen molar-refractivity contribution >= 4 is 33.5 Å². The topological polar surface area (TPSA) is 59.0 Å². The Morgan fingerprint density at radius 2 is 1.92 bits per heavy atom. The monoisotopic (exact) mass is 352 g/mol. The summed E-state index contributed by atoms with van der Waals surface area (Å²) >= 11 is 0. The molecule has 0 bridgehead atoms. The van der Waals surface area contributed by atoms with Crippen LogP contribution in [0.25, 0.3) is 21.8 Å². The largest absolute Gasteiger partial charge is 0.338 e. The summed E-state index contributed by atoms with van der Waals surface area (Å²) < 4.78 is 2.26. The number of nitrogens with one attached hydrogen (secondary N) is 2. The van der Waals surface area contributed by atoms with Crippen molar-refractivity contribution < 1.29 is 4.79 Å². The van der Waals surface area contributed by atoms with E-state index in [1.807, 2.05) is 25.1 Å². The molecule has 0 spiro atoms. The van der Waals surface area contributed by atoms with Crippen molar-refractivity contribution in [1.82, 2.24) is 14.9 Å². The van der Waals surface area contributed by atoms with E-state index in [0.29, 0.717) is 6.54 Å². The fourth-order valence-corrected chi connectivity index (χ4v) is 3.45. The van der Waals surface area contributed by atoms with Crippen molar-refractivity contribution in [3.8, 4) is 0 Å². The van der Waals surface area contributed by atoms with Crippen molar-refractivity contribution in [3.63, 3.8) is 0 Å². The number of fused-ring (bicyclic) bond motifs is 3. The number of urea groups is 1. The van der Waals surface area contributed by atoms with Crippen molar-refractivity contribution in [2.75, 3.05) is 11.9 Å². The first-order valence-corrected chi connectivity index (χ1v) is 9.28. The number of rotatable bonds is 4. The average Bonchev–Trinajstić information content (AvgIpc) is 2.91. The number of imidazole rings is 1. The van der Waals surface area contributed by atoms with Gasteiger partial charge in [-0.15, -0.1) is 0 Å². The van der Waals surface area contributed by atoms with Gasteiger partial charge in [-0.2, -0.15) is 0 Å². The second kappa shape index (κ2) is 6.98. The van der Waals surface area contributed by atoms with Crippen LogP contribution in [0.1, 0.15) is 46.4 Å². The molecule has 1 heterocycles. The van der Waals surface area contributed by atoms with Gasteiger partial charge in [0.05, 0.1) is 11.0 Å². The maximum absolute atomic E-state index is 12.0. The number of nitrogens with zero attached hydrogens (tertiary/aromatic N) is 2. The molecule has 5 nitrogen and oxygen atoms in total. The molecule has 138 valence electrons. The lowest BCUT2D eigenvalue weighted by atomic mass is 10.1. The number of aromatic nitrogens is 2. The fraction of sp³-hybridized carbons (Fsp3) is 0.429. The molecule has 0 saturated carbocycles. The third kappa shape index (κ3) is 3.52. The maximum atomic E-state index is 12.0. The molecule has 26 heavy (non-hydrogen) atoms. The van der Waals surface area contributed by atoms with E-state index >= 15 is 0 Å². The second-order valence-corrected chi connectivity index (χ2v) is 7.77. The number of amides is 2. The van der Waals surface area contributed by atoms with Crippen LogP contribution < -0.4 is 10.6 Å². The van der Waals surface area contributed by atoms with E-state index in [1.54, 1.807) is 0 Å². The fourth-order valence-electron chi connectivity index (χ4n) is 3.45. The van der Waals surface area contributed by atoms with Gasteiger partial charge in [-0.3, -0.25) is 0 Å². The van der Waals surface area contributed by atoms with Crippen LogP contribution in [0.4, 0.5) is 10.5 Å². The van der Waals surface area contributed by atoms with Crippen molar-refractivity contribution in [2.24, 2.45) is 0 Å². The molecule has 0 aliphatic rings. The van der Waals surface area contributed by atoms with Gasteiger partial charge in [-0.1, -0.05) is 25.5 Å². The Morgan fingerprint density at radius 1 is 1.19 bits per heavy atom. The highest BCUT2D eigenvalue weighted by Gasteiger charge is 2.20. The number of hydrogen-bond donors (Lipinski definition) is 2. The van der Waals surface area contributed by atoms with Crippen LogP contribution in [0.2, 0.25) is 0 Å². The van der Waals surface area contributed by atoms with Gasteiger partial charge in [0.1, 0.15) is 5.82 Å². The summed E-state index contributed by atoms with van der Waals surface area (Å²) in [4.78, 5) is 16.9. The van der Waals surface area contributed by atoms with Crippen molar-refractivity contribution in [2.45, 2.75) is 53.0 Å². The van der Waals surface area contributed by atoms with Crippen LogP contribution in [-0.4, -0.2) is 22.1 Å². The number of carbonyl (C=O) groups excluding carboxylic acids is 1. The minimum Gasteiger partial charge on any atom is -0.338 e. The maximum Gasteiger partial charge on any atom is 0.319 e. The van der Waals surface area contributed by atoms with Gasteiger partial charge in [0, 0.05) is 23.2 Å². The highest BCUT2D eigenvalue weighted by atomic mass is 16.2. The van der Waals surface area contributed by atoms with Crippen molar-refractivity contribution in [1.29, 1.82) is 0 Å². The molecule has 1 aromatic heterocycles. The molecular formula is C21H28N4O. The van der Waals surface area contributed by atoms with E-state index in [0.717, 1.165) is 46.2 Å². The van der Waals surface area contributed by atoms with Crippen LogP contribution in [0, 0.1) is 6.92 Å². The zero-order valence-corrected chi connectivity index (χ0v) is 16.3. The van der Waals surface area contributed by atoms with Gasteiger partial charge < -0.3 is 15.2 Å². The predicted molar refractivity (Wildman–Crippen MR) is 109 cm³/mol. The average molecular weight is 352 g/mol. The molecule has 2 amide bonds. The number of hydrogen-bond acceptors (Lipinski definition) is 2. The summed E-state index contributed by atoms with van der Waals surface area (Å²) in [5.74, 6) is 0.996. The second-order valence-electron chi connectivity index (χ2n) is 7.77. The van der Waals surface area contributed by atoms with Crippen LogP contribution in [0.5, 0.6) is 0 Å². The van der Waals surface area contributed by atoms with E-state index in [9.17, 15) is 4.79 Å². The SMILES string of the molecule is CCCCNC(=O)Nc1ccc2ccc3c(nc(C)n3C(C)(C)C)c2c1. The molecule has 2 aromatic carbocycles. The van der Waals surface area contributed by atoms with E-state index < -0.39 is 0 Å². The molecule has 5 heteroatoms. The molecule has 0 unspecified atom stereocenters. The summed E-state index contributed by atoms with van der Waals surface area (Å²) in [5, 5.41) is 7.98. The zero-order valence-electron chi connectivity index (χ0n) is 16.3. The minimum absolute atomic E-state index is 0.0401. The summed E-state index contributed by atoms with van der Waals surface area (Å²) in [6.45, 7) is 11.4. The van der Waals surface area contributed by atoms with Gasteiger partial charge in [-0.25, -0.2) is 9.78 Å². The Labute approximate surface area is 154 Å². The molecule has 0 saturated heterocycles. The predicted octanol–water partition coefficient (Wildman–Crippen LogP) is 5.17. The van der Waals surface area contributed by atoms with Crippen LogP contribution in [0.15, 0.2) is 30.3 Å². The molecule has 3 rings (SSSR count). The number of carbonyl (C=O) groups is 1. The van der Waals surface area contributed by atoms with Gasteiger partial charge in [0.2, 0.25) is 0 Å². The third-order valence-electron chi connectivity index (χ3n) is 4.55. The quantitative estimate of drug-likeness (QED) is 0.636. The highest BCUT2D eigenvalue weighted by molar-refractivity contribution is 6.06. The van der Waals surface area contributed by atoms with E-state index in [1.165, 1.54) is 0 Å². The first kappa shape index (κ1) is 18.2. The minimum atomic E-state index is -0.165. The molecule has 0 radical (unpaired) electrons. The van der Waals surface area contributed by atoms with Gasteiger partial charge in [0.25, 0.3) is 0 Å². The van der Waals surface area contributed by atoms with Crippen LogP contribution in [0.3, 0.4) is 0 Å². The van der Waals surface area contributed by atoms with E-state index in [-0.39, 0.29) is 11.6 Å². The molecule has 0 fully saturated rings. The Bertz CT molecular complexity index is 950. The standard InChI is InChI=1S/C21H28N4O/c1-6-7-12-22-20(26)24-16-10-8-15-9-11-18-19(17(15)13-16)23-14(2)25(18)21(3,4)5/h8-11,13H,6-7,12H2,1-5H3,(H2,22,24,26). The third-order valence-corrected chi connectivity index (χ3v) is 4.55. The molecule has 0 aliphatic carbocycles.